The molecule has 0 aliphatic heterocycles. The van der Waals surface area contributed by atoms with Crippen LogP contribution in [0.25, 0.3) is 5.82 Å². The fraction of sp³-hybridized carbons (Fsp3) is 0.222. The molecule has 27 heavy (non-hydrogen) atoms. The zero-order valence-corrected chi connectivity index (χ0v) is 15.1. The van der Waals surface area contributed by atoms with Crippen LogP contribution in [-0.4, -0.2) is 25.5 Å². The summed E-state index contributed by atoms with van der Waals surface area (Å²) in [5.41, 5.74) is 0.897. The van der Waals surface area contributed by atoms with Gasteiger partial charge in [-0.25, -0.2) is 14.6 Å². The number of halogens is 4. The largest absolute Gasteiger partial charge is 0.419 e. The Morgan fingerprint density at radius 2 is 1.89 bits per heavy atom. The molecule has 3 heterocycles. The first-order valence-electron chi connectivity index (χ1n) is 7.89. The summed E-state index contributed by atoms with van der Waals surface area (Å²) < 4.78 is 40.3. The molecule has 0 saturated heterocycles. The molecule has 0 fully saturated rings. The summed E-state index contributed by atoms with van der Waals surface area (Å²) in [6.07, 6.45) is -0.665. The van der Waals surface area contributed by atoms with Gasteiger partial charge in [-0.2, -0.15) is 18.3 Å². The van der Waals surface area contributed by atoms with Gasteiger partial charge in [-0.15, -0.1) is 0 Å². The normalized spacial score (nSPS) is 11.6. The molecule has 0 unspecified atom stereocenters. The zero-order chi connectivity index (χ0) is 19.8. The summed E-state index contributed by atoms with van der Waals surface area (Å²) in [5.74, 6) is 0.174. The van der Waals surface area contributed by atoms with Crippen LogP contribution in [0.4, 0.5) is 13.2 Å². The Labute approximate surface area is 157 Å². The van der Waals surface area contributed by atoms with Gasteiger partial charge in [0.1, 0.15) is 5.15 Å². The molecule has 3 rings (SSSR count). The van der Waals surface area contributed by atoms with Crippen LogP contribution in [0.5, 0.6) is 0 Å². The molecular formula is C18H14ClF3N4O. The zero-order valence-electron chi connectivity index (χ0n) is 14.4. The van der Waals surface area contributed by atoms with Crippen LogP contribution in [0.3, 0.4) is 0 Å². The standard InChI is InChI=1S/C18H14ClF3N4O/c1-10-3-4-16(23-7-10)26-11(2)13(9-25-26)15(27)6-12-5-14(18(20,21)22)17(19)24-8-12/h3-5,7-9H,6H2,1-2H3. The van der Waals surface area contributed by atoms with Gasteiger partial charge in [-0.05, 0) is 37.1 Å². The molecule has 3 aromatic rings. The lowest BCUT2D eigenvalue weighted by Gasteiger charge is -2.10. The molecule has 0 aliphatic rings. The lowest BCUT2D eigenvalue weighted by Crippen LogP contribution is -2.11. The number of Topliss-reactive ketones (excluding diaryl/α,β-unsaturated/α-hetero) is 1. The van der Waals surface area contributed by atoms with Gasteiger partial charge >= 0.3 is 6.18 Å². The highest BCUT2D eigenvalue weighted by molar-refractivity contribution is 6.30. The lowest BCUT2D eigenvalue weighted by atomic mass is 10.0. The van der Waals surface area contributed by atoms with Crippen molar-refractivity contribution in [3.63, 3.8) is 0 Å². The number of carbonyl (C=O) groups excluding carboxylic acids is 1. The van der Waals surface area contributed by atoms with Gasteiger partial charge in [0.25, 0.3) is 0 Å². The van der Waals surface area contributed by atoms with E-state index in [2.05, 4.69) is 15.1 Å². The van der Waals surface area contributed by atoms with Crippen LogP contribution >= 0.6 is 11.6 Å². The molecule has 3 aromatic heterocycles. The van der Waals surface area contributed by atoms with Crippen LogP contribution in [0.2, 0.25) is 5.15 Å². The van der Waals surface area contributed by atoms with E-state index in [9.17, 15) is 18.0 Å². The summed E-state index contributed by atoms with van der Waals surface area (Å²) in [4.78, 5) is 20.4. The summed E-state index contributed by atoms with van der Waals surface area (Å²) in [5, 5.41) is 3.52. The van der Waals surface area contributed by atoms with Crippen LogP contribution in [0.15, 0.2) is 36.8 Å². The monoisotopic (exact) mass is 394 g/mol. The van der Waals surface area contributed by atoms with Crippen molar-refractivity contribution in [2.75, 3.05) is 0 Å². The van der Waals surface area contributed by atoms with E-state index < -0.39 is 16.9 Å². The second-order valence-corrected chi connectivity index (χ2v) is 6.39. The minimum atomic E-state index is -4.64. The molecule has 0 bridgehead atoms. The number of alkyl halides is 3. The quantitative estimate of drug-likeness (QED) is 0.487. The molecule has 0 N–H and O–H groups in total. The predicted octanol–water partition coefficient (Wildman–Crippen LogP) is 4.38. The molecule has 9 heteroatoms. The summed E-state index contributed by atoms with van der Waals surface area (Å²) >= 11 is 5.51. The van der Waals surface area contributed by atoms with E-state index in [0.717, 1.165) is 17.8 Å². The topological polar surface area (TPSA) is 60.7 Å². The Morgan fingerprint density at radius 1 is 1.15 bits per heavy atom. The van der Waals surface area contributed by atoms with Gasteiger partial charge in [0.2, 0.25) is 0 Å². The minimum Gasteiger partial charge on any atom is -0.294 e. The SMILES string of the molecule is Cc1ccc(-n2ncc(C(=O)Cc3cnc(Cl)c(C(F)(F)F)c3)c2C)nc1. The van der Waals surface area contributed by atoms with Crippen molar-refractivity contribution in [2.24, 2.45) is 0 Å². The number of aryl methyl sites for hydroxylation is 1. The maximum atomic E-state index is 12.9. The maximum Gasteiger partial charge on any atom is 0.419 e. The van der Waals surface area contributed by atoms with Crippen molar-refractivity contribution in [1.82, 2.24) is 19.7 Å². The lowest BCUT2D eigenvalue weighted by molar-refractivity contribution is -0.137. The molecule has 0 atom stereocenters. The van der Waals surface area contributed by atoms with Crippen LogP contribution in [0.1, 0.15) is 32.7 Å². The van der Waals surface area contributed by atoms with Gasteiger partial charge in [0.15, 0.2) is 11.6 Å². The van der Waals surface area contributed by atoms with Crippen molar-refractivity contribution in [1.29, 1.82) is 0 Å². The van der Waals surface area contributed by atoms with E-state index in [1.54, 1.807) is 19.2 Å². The first kappa shape index (κ1) is 19.0. The van der Waals surface area contributed by atoms with E-state index in [1.165, 1.54) is 10.9 Å². The van der Waals surface area contributed by atoms with Crippen molar-refractivity contribution >= 4 is 17.4 Å². The molecule has 140 valence electrons. The Morgan fingerprint density at radius 3 is 2.52 bits per heavy atom. The molecule has 0 amide bonds. The first-order chi connectivity index (χ1) is 12.7. The number of ketones is 1. The number of aromatic nitrogens is 4. The number of hydrogen-bond donors (Lipinski definition) is 0. The number of pyridine rings is 2. The highest BCUT2D eigenvalue weighted by atomic mass is 35.5. The molecule has 0 aromatic carbocycles. The third kappa shape index (κ3) is 4.00. The van der Waals surface area contributed by atoms with Crippen molar-refractivity contribution in [3.8, 4) is 5.82 Å². The van der Waals surface area contributed by atoms with Crippen LogP contribution < -0.4 is 0 Å². The first-order valence-corrected chi connectivity index (χ1v) is 8.27. The molecule has 0 aliphatic carbocycles. The molecular weight excluding hydrogens is 381 g/mol. The fourth-order valence-electron chi connectivity index (χ4n) is 2.57. The fourth-order valence-corrected chi connectivity index (χ4v) is 2.78. The smallest absolute Gasteiger partial charge is 0.294 e. The number of rotatable bonds is 4. The summed E-state index contributed by atoms with van der Waals surface area (Å²) in [7, 11) is 0. The molecule has 0 radical (unpaired) electrons. The average molecular weight is 395 g/mol. The maximum absolute atomic E-state index is 12.9. The second-order valence-electron chi connectivity index (χ2n) is 6.03. The van der Waals surface area contributed by atoms with E-state index in [1.807, 2.05) is 13.0 Å². The van der Waals surface area contributed by atoms with Gasteiger partial charge < -0.3 is 0 Å². The number of hydrogen-bond acceptors (Lipinski definition) is 4. The van der Waals surface area contributed by atoms with E-state index in [0.29, 0.717) is 17.1 Å². The average Bonchev–Trinajstić information content (AvgIpc) is 2.98. The van der Waals surface area contributed by atoms with Crippen LogP contribution in [0, 0.1) is 13.8 Å². The minimum absolute atomic E-state index is 0.123. The molecule has 0 saturated carbocycles. The molecule has 5 nitrogen and oxygen atoms in total. The van der Waals surface area contributed by atoms with E-state index in [4.69, 9.17) is 11.6 Å². The Bertz CT molecular complexity index is 997. The third-order valence-corrected chi connectivity index (χ3v) is 4.29. The van der Waals surface area contributed by atoms with Gasteiger partial charge in [0, 0.05) is 18.8 Å². The third-order valence-electron chi connectivity index (χ3n) is 3.99. The highest BCUT2D eigenvalue weighted by Crippen LogP contribution is 2.34. The van der Waals surface area contributed by atoms with Gasteiger partial charge in [-0.3, -0.25) is 4.79 Å². The molecule has 0 spiro atoms. The second kappa shape index (κ2) is 7.11. The Balaban J connectivity index is 1.87. The van der Waals surface area contributed by atoms with Crippen molar-refractivity contribution < 1.29 is 18.0 Å². The number of carbonyl (C=O) groups is 1. The van der Waals surface area contributed by atoms with Crippen molar-refractivity contribution in [3.05, 3.63) is 69.9 Å². The predicted molar refractivity (Wildman–Crippen MR) is 93.1 cm³/mol. The van der Waals surface area contributed by atoms with Gasteiger partial charge in [0.05, 0.1) is 23.0 Å². The summed E-state index contributed by atoms with van der Waals surface area (Å²) in [6, 6.07) is 4.47. The highest BCUT2D eigenvalue weighted by Gasteiger charge is 2.34. The van der Waals surface area contributed by atoms with Gasteiger partial charge in [-0.1, -0.05) is 17.7 Å². The van der Waals surface area contributed by atoms with E-state index in [-0.39, 0.29) is 17.8 Å². The number of nitrogens with zero attached hydrogens (tertiary/aromatic N) is 4. The Hall–Kier alpha value is -2.74. The van der Waals surface area contributed by atoms with E-state index >= 15 is 0 Å². The Kier molecular flexibility index (Phi) is 5.01. The van der Waals surface area contributed by atoms with Crippen LogP contribution in [-0.2, 0) is 12.6 Å². The summed E-state index contributed by atoms with van der Waals surface area (Å²) in [6.45, 7) is 3.60. The van der Waals surface area contributed by atoms with Crippen molar-refractivity contribution in [2.45, 2.75) is 26.4 Å².